The molecule has 0 atom stereocenters. The third-order valence-electron chi connectivity index (χ3n) is 7.19. The summed E-state index contributed by atoms with van der Waals surface area (Å²) in [6.07, 6.45) is 4.41. The fourth-order valence-electron chi connectivity index (χ4n) is 5.02. The quantitative estimate of drug-likeness (QED) is 0.301. The molecule has 5 rings (SSSR count). The number of nitrogens with zero attached hydrogens (tertiary/aromatic N) is 3. The Morgan fingerprint density at radius 3 is 2.35 bits per heavy atom. The van der Waals surface area contributed by atoms with Gasteiger partial charge in [-0.1, -0.05) is 11.6 Å². The van der Waals surface area contributed by atoms with Crippen LogP contribution in [-0.2, 0) is 4.74 Å². The number of pyridine rings is 1. The van der Waals surface area contributed by atoms with Crippen LogP contribution in [0.15, 0.2) is 47.3 Å². The van der Waals surface area contributed by atoms with Gasteiger partial charge in [0.15, 0.2) is 0 Å². The highest BCUT2D eigenvalue weighted by atomic mass is 35.5. The lowest BCUT2D eigenvalue weighted by molar-refractivity contribution is 0.0126. The lowest BCUT2D eigenvalue weighted by atomic mass is 10.1. The van der Waals surface area contributed by atoms with Crippen molar-refractivity contribution in [1.82, 2.24) is 9.88 Å². The first kappa shape index (κ1) is 30.6. The molecule has 3 aromatic rings. The van der Waals surface area contributed by atoms with Crippen LogP contribution in [0.2, 0.25) is 5.02 Å². The second kappa shape index (κ2) is 13.2. The summed E-state index contributed by atoms with van der Waals surface area (Å²) in [5.41, 5.74) is 1.52. The van der Waals surface area contributed by atoms with Gasteiger partial charge >= 0.3 is 6.09 Å². The number of rotatable bonds is 7. The summed E-state index contributed by atoms with van der Waals surface area (Å²) in [6.45, 7) is 8.46. The molecule has 2 saturated heterocycles. The van der Waals surface area contributed by atoms with E-state index in [4.69, 9.17) is 21.1 Å². The number of likely N-dealkylation sites (tertiary alicyclic amines) is 1. The summed E-state index contributed by atoms with van der Waals surface area (Å²) >= 11 is 7.20. The second-order valence-corrected chi connectivity index (χ2v) is 12.8. The van der Waals surface area contributed by atoms with Crippen molar-refractivity contribution in [3.63, 3.8) is 0 Å². The maximum absolute atomic E-state index is 13.6. The number of nitrogens with one attached hydrogen (secondary N) is 2. The zero-order valence-electron chi connectivity index (χ0n) is 24.5. The Bertz CT molecular complexity index is 1460. The molecule has 0 radical (unpaired) electrons. The molecule has 0 spiro atoms. The molecule has 228 valence electrons. The number of thiophene rings is 1. The predicted molar refractivity (Wildman–Crippen MR) is 169 cm³/mol. The van der Waals surface area contributed by atoms with Gasteiger partial charge in [-0.3, -0.25) is 9.59 Å². The molecule has 12 heteroatoms. The molecule has 2 N–H and O–H groups in total. The standard InChI is InChI=1S/C31H36ClN5O5S/c1-31(2,3)42-30(40)37-14-10-22(11-15-37)41-26-16-21(36-12-4-5-13-36)7-8-23(26)28(38)34-25-19-43-18-24(25)29(39)35-27-9-6-20(32)17-33-27/h6-9,16-19,22H,4-5,10-15H2,1-3H3,(H,34,38)(H,33,35,39). The molecule has 2 aliphatic rings. The van der Waals surface area contributed by atoms with E-state index in [2.05, 4.69) is 20.5 Å². The monoisotopic (exact) mass is 625 g/mol. The SMILES string of the molecule is CC(C)(C)OC(=O)N1CCC(Oc2cc(N3CCCC3)ccc2C(=O)Nc2cscc2C(=O)Nc2ccc(Cl)cn2)CC1. The number of aromatic nitrogens is 1. The van der Waals surface area contributed by atoms with Gasteiger partial charge in [0.2, 0.25) is 0 Å². The zero-order chi connectivity index (χ0) is 30.6. The Morgan fingerprint density at radius 1 is 0.953 bits per heavy atom. The van der Waals surface area contributed by atoms with Crippen LogP contribution < -0.4 is 20.3 Å². The summed E-state index contributed by atoms with van der Waals surface area (Å²) in [4.78, 5) is 47.2. The molecule has 1 aromatic carbocycles. The van der Waals surface area contributed by atoms with Gasteiger partial charge in [-0.15, -0.1) is 11.3 Å². The van der Waals surface area contributed by atoms with Crippen LogP contribution in [0.5, 0.6) is 5.75 Å². The van der Waals surface area contributed by atoms with E-state index in [1.165, 1.54) is 17.5 Å². The summed E-state index contributed by atoms with van der Waals surface area (Å²) in [6, 6.07) is 8.88. The number of piperidine rings is 1. The Kier molecular flexibility index (Phi) is 9.41. The highest BCUT2D eigenvalue weighted by Gasteiger charge is 2.29. The number of hydrogen-bond donors (Lipinski definition) is 2. The number of benzene rings is 1. The highest BCUT2D eigenvalue weighted by Crippen LogP contribution is 2.32. The molecule has 0 unspecified atom stereocenters. The zero-order valence-corrected chi connectivity index (χ0v) is 26.1. The van der Waals surface area contributed by atoms with Gasteiger partial charge in [0.05, 0.1) is 21.8 Å². The fourth-order valence-corrected chi connectivity index (χ4v) is 5.90. The van der Waals surface area contributed by atoms with E-state index in [9.17, 15) is 14.4 Å². The lowest BCUT2D eigenvalue weighted by Crippen LogP contribution is -2.44. The van der Waals surface area contributed by atoms with E-state index in [0.717, 1.165) is 31.6 Å². The van der Waals surface area contributed by atoms with Crippen LogP contribution in [0.1, 0.15) is 67.2 Å². The normalized spacial score (nSPS) is 15.7. The molecule has 2 aromatic heterocycles. The topological polar surface area (TPSA) is 113 Å². The predicted octanol–water partition coefficient (Wildman–Crippen LogP) is 6.68. The largest absolute Gasteiger partial charge is 0.489 e. The van der Waals surface area contributed by atoms with Crippen LogP contribution in [0.25, 0.3) is 0 Å². The molecular weight excluding hydrogens is 590 g/mol. The molecule has 0 aliphatic carbocycles. The highest BCUT2D eigenvalue weighted by molar-refractivity contribution is 7.08. The number of hydrogen-bond acceptors (Lipinski definition) is 8. The minimum Gasteiger partial charge on any atom is -0.489 e. The van der Waals surface area contributed by atoms with Crippen molar-refractivity contribution >= 4 is 58.0 Å². The van der Waals surface area contributed by atoms with Crippen molar-refractivity contribution < 1.29 is 23.9 Å². The van der Waals surface area contributed by atoms with Crippen molar-refractivity contribution in [3.05, 3.63) is 63.4 Å². The number of halogens is 1. The molecular formula is C31H36ClN5O5S. The van der Waals surface area contributed by atoms with Gasteiger partial charge in [0, 0.05) is 67.7 Å². The van der Waals surface area contributed by atoms with E-state index in [1.807, 2.05) is 32.9 Å². The molecule has 0 bridgehead atoms. The molecule has 3 amide bonds. The van der Waals surface area contributed by atoms with Gasteiger partial charge in [-0.25, -0.2) is 9.78 Å². The number of anilines is 3. The van der Waals surface area contributed by atoms with Gasteiger partial charge < -0.3 is 29.9 Å². The number of ether oxygens (including phenoxy) is 2. The summed E-state index contributed by atoms with van der Waals surface area (Å²) in [7, 11) is 0. The van der Waals surface area contributed by atoms with Gasteiger partial charge in [-0.05, 0) is 57.9 Å². The van der Waals surface area contributed by atoms with Gasteiger partial charge in [-0.2, -0.15) is 0 Å². The minimum absolute atomic E-state index is 0.173. The van der Waals surface area contributed by atoms with Gasteiger partial charge in [0.25, 0.3) is 11.8 Å². The van der Waals surface area contributed by atoms with Crippen LogP contribution in [0, 0.1) is 0 Å². The summed E-state index contributed by atoms with van der Waals surface area (Å²) in [5.74, 6) is 0.0446. The van der Waals surface area contributed by atoms with E-state index in [0.29, 0.717) is 59.3 Å². The third kappa shape index (κ3) is 7.97. The van der Waals surface area contributed by atoms with Crippen LogP contribution in [0.3, 0.4) is 0 Å². The van der Waals surface area contributed by atoms with Crippen molar-refractivity contribution in [3.8, 4) is 5.75 Å². The number of carbonyl (C=O) groups is 3. The van der Waals surface area contributed by atoms with E-state index >= 15 is 0 Å². The lowest BCUT2D eigenvalue weighted by Gasteiger charge is -2.34. The van der Waals surface area contributed by atoms with Gasteiger partial charge in [0.1, 0.15) is 23.3 Å². The minimum atomic E-state index is -0.557. The Balaban J connectivity index is 1.30. The maximum atomic E-state index is 13.6. The molecule has 2 fully saturated rings. The number of carbonyl (C=O) groups excluding carboxylic acids is 3. The Hall–Kier alpha value is -3.83. The van der Waals surface area contributed by atoms with E-state index in [1.54, 1.807) is 33.9 Å². The Morgan fingerprint density at radius 2 is 1.67 bits per heavy atom. The van der Waals surface area contributed by atoms with Crippen LogP contribution >= 0.6 is 22.9 Å². The Labute approximate surface area is 260 Å². The molecule has 2 aliphatic heterocycles. The summed E-state index contributed by atoms with van der Waals surface area (Å²) < 4.78 is 12.0. The van der Waals surface area contributed by atoms with Crippen molar-refractivity contribution in [2.75, 3.05) is 41.7 Å². The fraction of sp³-hybridized carbons (Fsp3) is 0.419. The molecule has 43 heavy (non-hydrogen) atoms. The first-order chi connectivity index (χ1) is 20.6. The average Bonchev–Trinajstić information content (AvgIpc) is 3.67. The summed E-state index contributed by atoms with van der Waals surface area (Å²) in [5, 5.41) is 9.48. The van der Waals surface area contributed by atoms with Crippen molar-refractivity contribution in [2.45, 2.75) is 58.2 Å². The smallest absolute Gasteiger partial charge is 0.410 e. The van der Waals surface area contributed by atoms with Crippen LogP contribution in [0.4, 0.5) is 22.0 Å². The van der Waals surface area contributed by atoms with E-state index in [-0.39, 0.29) is 18.1 Å². The van der Waals surface area contributed by atoms with Crippen LogP contribution in [-0.4, -0.2) is 65.7 Å². The average molecular weight is 626 g/mol. The van der Waals surface area contributed by atoms with E-state index < -0.39 is 11.5 Å². The first-order valence-electron chi connectivity index (χ1n) is 14.4. The van der Waals surface area contributed by atoms with Crippen molar-refractivity contribution in [2.24, 2.45) is 0 Å². The number of amides is 3. The van der Waals surface area contributed by atoms with Crippen molar-refractivity contribution in [1.29, 1.82) is 0 Å². The molecule has 4 heterocycles. The molecule has 0 saturated carbocycles. The first-order valence-corrected chi connectivity index (χ1v) is 15.7. The maximum Gasteiger partial charge on any atom is 0.410 e. The third-order valence-corrected chi connectivity index (χ3v) is 8.16. The molecule has 10 nitrogen and oxygen atoms in total. The second-order valence-electron chi connectivity index (χ2n) is 11.6.